The smallest absolute Gasteiger partial charge is 0.150 e. The summed E-state index contributed by atoms with van der Waals surface area (Å²) in [6.07, 6.45) is 2.56. The van der Waals surface area contributed by atoms with Crippen LogP contribution in [0.4, 0.5) is 0 Å². The van der Waals surface area contributed by atoms with E-state index < -0.39 is 9.84 Å². The summed E-state index contributed by atoms with van der Waals surface area (Å²) < 4.78 is 22.5. The quantitative estimate of drug-likeness (QED) is 0.644. The van der Waals surface area contributed by atoms with E-state index in [0.29, 0.717) is 19.3 Å². The largest absolute Gasteiger partial charge is 0.393 e. The molecule has 90 valence electrons. The van der Waals surface area contributed by atoms with Crippen molar-refractivity contribution in [1.29, 1.82) is 0 Å². The van der Waals surface area contributed by atoms with Crippen molar-refractivity contribution < 1.29 is 13.5 Å². The third-order valence-electron chi connectivity index (χ3n) is 3.39. The van der Waals surface area contributed by atoms with Gasteiger partial charge in [-0.05, 0) is 32.2 Å². The number of aliphatic hydroxyl groups is 1. The predicted molar refractivity (Wildman–Crippen MR) is 61.1 cm³/mol. The lowest BCUT2D eigenvalue weighted by Crippen LogP contribution is -2.56. The van der Waals surface area contributed by atoms with E-state index in [2.05, 4.69) is 5.32 Å². The molecule has 2 fully saturated rings. The van der Waals surface area contributed by atoms with Gasteiger partial charge in [0.1, 0.15) is 9.84 Å². The molecule has 2 heterocycles. The van der Waals surface area contributed by atoms with Crippen LogP contribution in [0.25, 0.3) is 0 Å². The topological polar surface area (TPSA) is 66.4 Å². The van der Waals surface area contributed by atoms with Crippen LogP contribution in [0.15, 0.2) is 0 Å². The van der Waals surface area contributed by atoms with Crippen molar-refractivity contribution in [3.05, 3.63) is 0 Å². The van der Waals surface area contributed by atoms with E-state index in [1.165, 1.54) is 0 Å². The lowest BCUT2D eigenvalue weighted by Gasteiger charge is -2.43. The second-order valence-corrected chi connectivity index (χ2v) is 6.81. The summed E-state index contributed by atoms with van der Waals surface area (Å²) in [7, 11) is -2.80. The standard InChI is InChI=1S/C9H17NO3S.ClH/c11-8-1-4-10-9(7-8)2-5-14(12,13)6-3-9;/h8,10-11H,1-7H2;1H. The molecule has 0 aromatic carbocycles. The SMILES string of the molecule is Cl.O=S1(=O)CCC2(CC1)CC(O)CCN2. The highest BCUT2D eigenvalue weighted by Crippen LogP contribution is 2.31. The molecule has 0 aliphatic carbocycles. The monoisotopic (exact) mass is 255 g/mol. The maximum atomic E-state index is 11.3. The van der Waals surface area contributed by atoms with Crippen LogP contribution in [0.1, 0.15) is 25.7 Å². The molecule has 2 N–H and O–H groups in total. The minimum atomic E-state index is -2.80. The number of hydrogen-bond acceptors (Lipinski definition) is 4. The average molecular weight is 256 g/mol. The first-order valence-electron chi connectivity index (χ1n) is 5.15. The van der Waals surface area contributed by atoms with E-state index in [4.69, 9.17) is 0 Å². The van der Waals surface area contributed by atoms with Gasteiger partial charge in [0.15, 0.2) is 0 Å². The molecular formula is C9H18ClNO3S. The number of aliphatic hydroxyl groups excluding tert-OH is 1. The number of rotatable bonds is 0. The molecule has 2 aliphatic heterocycles. The summed E-state index contributed by atoms with van der Waals surface area (Å²) in [4.78, 5) is 0. The molecule has 0 bridgehead atoms. The number of halogens is 1. The van der Waals surface area contributed by atoms with Crippen molar-refractivity contribution in [2.24, 2.45) is 0 Å². The first kappa shape index (κ1) is 13.2. The highest BCUT2D eigenvalue weighted by Gasteiger charge is 2.40. The fraction of sp³-hybridized carbons (Fsp3) is 1.00. The molecule has 4 nitrogen and oxygen atoms in total. The Balaban J connectivity index is 0.00000112. The highest BCUT2D eigenvalue weighted by atomic mass is 35.5. The van der Waals surface area contributed by atoms with Crippen molar-refractivity contribution in [2.75, 3.05) is 18.1 Å². The Hall–Kier alpha value is 0.160. The van der Waals surface area contributed by atoms with Crippen LogP contribution in [-0.4, -0.2) is 43.2 Å². The Bertz CT molecular complexity index is 303. The van der Waals surface area contributed by atoms with Crippen LogP contribution in [0.5, 0.6) is 0 Å². The zero-order valence-corrected chi connectivity index (χ0v) is 10.2. The van der Waals surface area contributed by atoms with Crippen molar-refractivity contribution in [3.63, 3.8) is 0 Å². The Morgan fingerprint density at radius 1 is 1.27 bits per heavy atom. The number of hydrogen-bond donors (Lipinski definition) is 2. The van der Waals surface area contributed by atoms with Crippen LogP contribution in [-0.2, 0) is 9.84 Å². The normalized spacial score (nSPS) is 33.3. The molecule has 0 saturated carbocycles. The lowest BCUT2D eigenvalue weighted by molar-refractivity contribution is 0.0720. The number of sulfone groups is 1. The van der Waals surface area contributed by atoms with Crippen molar-refractivity contribution in [1.82, 2.24) is 5.32 Å². The second kappa shape index (κ2) is 4.57. The first-order valence-corrected chi connectivity index (χ1v) is 6.97. The molecule has 0 aromatic rings. The Morgan fingerprint density at radius 3 is 2.40 bits per heavy atom. The van der Waals surface area contributed by atoms with Crippen LogP contribution in [0.2, 0.25) is 0 Å². The summed E-state index contributed by atoms with van der Waals surface area (Å²) in [5.74, 6) is 0.541. The molecule has 2 rings (SSSR count). The van der Waals surface area contributed by atoms with Gasteiger partial charge in [0.05, 0.1) is 17.6 Å². The maximum Gasteiger partial charge on any atom is 0.150 e. The second-order valence-electron chi connectivity index (χ2n) is 4.51. The Morgan fingerprint density at radius 2 is 1.87 bits per heavy atom. The average Bonchev–Trinajstić information content (AvgIpc) is 2.12. The molecule has 0 radical (unpaired) electrons. The van der Waals surface area contributed by atoms with Crippen LogP contribution < -0.4 is 5.32 Å². The Labute approximate surface area is 96.8 Å². The molecule has 15 heavy (non-hydrogen) atoms. The van der Waals surface area contributed by atoms with Gasteiger partial charge in [-0.2, -0.15) is 0 Å². The van der Waals surface area contributed by atoms with Gasteiger partial charge in [0, 0.05) is 5.54 Å². The van der Waals surface area contributed by atoms with Gasteiger partial charge in [-0.1, -0.05) is 0 Å². The fourth-order valence-corrected chi connectivity index (χ4v) is 4.05. The molecule has 2 aliphatic rings. The number of piperidine rings is 1. The van der Waals surface area contributed by atoms with Crippen LogP contribution in [0, 0.1) is 0 Å². The van der Waals surface area contributed by atoms with Gasteiger partial charge in [-0.3, -0.25) is 0 Å². The zero-order valence-electron chi connectivity index (χ0n) is 8.61. The van der Waals surface area contributed by atoms with Gasteiger partial charge in [0.25, 0.3) is 0 Å². The Kier molecular flexibility index (Phi) is 4.03. The van der Waals surface area contributed by atoms with E-state index >= 15 is 0 Å². The third-order valence-corrected chi connectivity index (χ3v) is 5.04. The summed E-state index contributed by atoms with van der Waals surface area (Å²) in [6, 6.07) is 0. The minimum Gasteiger partial charge on any atom is -0.393 e. The number of nitrogens with one attached hydrogen (secondary N) is 1. The van der Waals surface area contributed by atoms with E-state index in [-0.39, 0.29) is 35.6 Å². The molecule has 2 saturated heterocycles. The van der Waals surface area contributed by atoms with E-state index in [1.54, 1.807) is 0 Å². The van der Waals surface area contributed by atoms with E-state index in [0.717, 1.165) is 13.0 Å². The molecule has 1 unspecified atom stereocenters. The molecule has 0 aromatic heterocycles. The first-order chi connectivity index (χ1) is 6.52. The molecule has 1 spiro atoms. The van der Waals surface area contributed by atoms with Crippen molar-refractivity contribution >= 4 is 22.2 Å². The van der Waals surface area contributed by atoms with E-state index in [1.807, 2.05) is 0 Å². The molecule has 6 heteroatoms. The summed E-state index contributed by atoms with van der Waals surface area (Å²) >= 11 is 0. The van der Waals surface area contributed by atoms with Gasteiger partial charge >= 0.3 is 0 Å². The fourth-order valence-electron chi connectivity index (χ4n) is 2.44. The molecule has 0 amide bonds. The van der Waals surface area contributed by atoms with Crippen LogP contribution in [0.3, 0.4) is 0 Å². The third kappa shape index (κ3) is 3.06. The van der Waals surface area contributed by atoms with Crippen molar-refractivity contribution in [2.45, 2.75) is 37.3 Å². The minimum absolute atomic E-state index is 0. The van der Waals surface area contributed by atoms with Gasteiger partial charge in [-0.25, -0.2) is 8.42 Å². The van der Waals surface area contributed by atoms with Crippen molar-refractivity contribution in [3.8, 4) is 0 Å². The lowest BCUT2D eigenvalue weighted by atomic mass is 9.82. The predicted octanol–water partition coefficient (Wildman–Crippen LogP) is 0.0999. The summed E-state index contributed by atoms with van der Waals surface area (Å²) in [6.45, 7) is 0.807. The van der Waals surface area contributed by atoms with Gasteiger partial charge < -0.3 is 10.4 Å². The maximum absolute atomic E-state index is 11.3. The summed E-state index contributed by atoms with van der Waals surface area (Å²) in [5.41, 5.74) is -0.0943. The van der Waals surface area contributed by atoms with E-state index in [9.17, 15) is 13.5 Å². The molecule has 1 atom stereocenters. The van der Waals surface area contributed by atoms with Gasteiger partial charge in [-0.15, -0.1) is 12.4 Å². The molecular weight excluding hydrogens is 238 g/mol. The van der Waals surface area contributed by atoms with Gasteiger partial charge in [0.2, 0.25) is 0 Å². The van der Waals surface area contributed by atoms with Crippen LogP contribution >= 0.6 is 12.4 Å². The summed E-state index contributed by atoms with van der Waals surface area (Å²) in [5, 5.41) is 12.9. The zero-order chi connectivity index (χ0) is 10.2. The highest BCUT2D eigenvalue weighted by molar-refractivity contribution is 7.91.